The van der Waals surface area contributed by atoms with E-state index in [1.54, 1.807) is 0 Å². The van der Waals surface area contributed by atoms with Crippen molar-refractivity contribution in [2.45, 2.75) is 38.9 Å². The lowest BCUT2D eigenvalue weighted by Gasteiger charge is -2.08. The van der Waals surface area contributed by atoms with Crippen LogP contribution >= 0.6 is 0 Å². The molecule has 0 amide bonds. The van der Waals surface area contributed by atoms with Crippen LogP contribution in [0.2, 0.25) is 0 Å². The van der Waals surface area contributed by atoms with Crippen molar-refractivity contribution < 1.29 is 9.15 Å². The van der Waals surface area contributed by atoms with Gasteiger partial charge in [0.15, 0.2) is 5.58 Å². The monoisotopic (exact) mass is 293 g/mol. The highest BCUT2D eigenvalue weighted by atomic mass is 16.6. The summed E-state index contributed by atoms with van der Waals surface area (Å²) >= 11 is 0. The van der Waals surface area contributed by atoms with Crippen molar-refractivity contribution in [2.24, 2.45) is 0 Å². The van der Waals surface area contributed by atoms with Gasteiger partial charge in [0.25, 0.3) is 0 Å². The lowest BCUT2D eigenvalue weighted by molar-refractivity contribution is 0.288. The Morgan fingerprint density at radius 2 is 1.64 bits per heavy atom. The number of nitrogens with zero attached hydrogens (tertiary/aromatic N) is 1. The number of benzene rings is 2. The second kappa shape index (κ2) is 4.20. The van der Waals surface area contributed by atoms with Crippen molar-refractivity contribution in [3.05, 3.63) is 53.6 Å². The molecule has 0 saturated carbocycles. The summed E-state index contributed by atoms with van der Waals surface area (Å²) in [5.74, 6) is 0.660. The molecule has 1 saturated heterocycles. The lowest BCUT2D eigenvalue weighted by atomic mass is 9.90. The number of hydrogen-bond acceptors (Lipinski definition) is 3. The molecule has 1 aromatic heterocycles. The number of oxazole rings is 1. The van der Waals surface area contributed by atoms with Gasteiger partial charge in [-0.3, -0.25) is 0 Å². The minimum atomic E-state index is -0.232. The molecule has 0 bridgehead atoms. The molecule has 112 valence electrons. The van der Waals surface area contributed by atoms with Crippen LogP contribution in [0.15, 0.2) is 46.9 Å². The number of aromatic nitrogens is 1. The lowest BCUT2D eigenvalue weighted by Crippen LogP contribution is -2.13. The van der Waals surface area contributed by atoms with E-state index in [4.69, 9.17) is 9.15 Å². The van der Waals surface area contributed by atoms with Gasteiger partial charge in [0.05, 0.1) is 5.60 Å². The molecule has 1 aliphatic rings. The maximum Gasteiger partial charge on any atom is 0.227 e. The SMILES string of the molecule is Cc1ccc(-c2nc3cc(C4(C)OC4(C)C)ccc3o2)cc1. The summed E-state index contributed by atoms with van der Waals surface area (Å²) in [6, 6.07) is 14.3. The zero-order valence-corrected chi connectivity index (χ0v) is 13.3. The largest absolute Gasteiger partial charge is 0.436 e. The Labute approximate surface area is 129 Å². The topological polar surface area (TPSA) is 38.6 Å². The molecular weight excluding hydrogens is 274 g/mol. The average Bonchev–Trinajstić information content (AvgIpc) is 2.85. The van der Waals surface area contributed by atoms with Gasteiger partial charge in [-0.15, -0.1) is 0 Å². The molecule has 0 radical (unpaired) electrons. The van der Waals surface area contributed by atoms with Gasteiger partial charge in [-0.25, -0.2) is 4.98 Å². The van der Waals surface area contributed by atoms with E-state index in [0.717, 1.165) is 22.2 Å². The molecule has 1 unspecified atom stereocenters. The fraction of sp³-hybridized carbons (Fsp3) is 0.316. The van der Waals surface area contributed by atoms with Crippen LogP contribution in [0.3, 0.4) is 0 Å². The molecule has 2 heterocycles. The van der Waals surface area contributed by atoms with Gasteiger partial charge in [-0.05, 0) is 57.5 Å². The van der Waals surface area contributed by atoms with Crippen LogP contribution in [-0.2, 0) is 10.3 Å². The van der Waals surface area contributed by atoms with Crippen molar-refractivity contribution in [2.75, 3.05) is 0 Å². The summed E-state index contributed by atoms with van der Waals surface area (Å²) in [6.07, 6.45) is 0. The fourth-order valence-corrected chi connectivity index (χ4v) is 2.94. The van der Waals surface area contributed by atoms with Gasteiger partial charge in [-0.2, -0.15) is 0 Å². The van der Waals surface area contributed by atoms with Crippen molar-refractivity contribution in [3.63, 3.8) is 0 Å². The van der Waals surface area contributed by atoms with Gasteiger partial charge < -0.3 is 9.15 Å². The van der Waals surface area contributed by atoms with Crippen LogP contribution in [0.1, 0.15) is 31.9 Å². The maximum absolute atomic E-state index is 5.88. The summed E-state index contributed by atoms with van der Waals surface area (Å²) < 4.78 is 11.8. The highest BCUT2D eigenvalue weighted by Gasteiger charge is 2.61. The molecule has 3 heteroatoms. The first kappa shape index (κ1) is 13.5. The smallest absolute Gasteiger partial charge is 0.227 e. The molecule has 1 aliphatic heterocycles. The van der Waals surface area contributed by atoms with Crippen LogP contribution in [0.5, 0.6) is 0 Å². The summed E-state index contributed by atoms with van der Waals surface area (Å²) in [5.41, 5.74) is 4.70. The fourth-order valence-electron chi connectivity index (χ4n) is 2.94. The highest BCUT2D eigenvalue weighted by molar-refractivity contribution is 5.77. The van der Waals surface area contributed by atoms with E-state index in [9.17, 15) is 0 Å². The van der Waals surface area contributed by atoms with E-state index in [1.807, 2.05) is 18.2 Å². The van der Waals surface area contributed by atoms with Crippen LogP contribution in [0, 0.1) is 6.92 Å². The highest BCUT2D eigenvalue weighted by Crippen LogP contribution is 2.55. The standard InChI is InChI=1S/C19H19NO2/c1-12-5-7-13(8-6-12)17-20-15-11-14(9-10-16(15)21-17)19(4)18(2,3)22-19/h5-11H,1-4H3. The van der Waals surface area contributed by atoms with Crippen LogP contribution in [0.25, 0.3) is 22.6 Å². The zero-order chi connectivity index (χ0) is 15.5. The summed E-state index contributed by atoms with van der Waals surface area (Å²) in [6.45, 7) is 8.41. The third-order valence-electron chi connectivity index (χ3n) is 4.80. The van der Waals surface area contributed by atoms with Gasteiger partial charge in [0, 0.05) is 5.56 Å². The van der Waals surface area contributed by atoms with E-state index in [0.29, 0.717) is 5.89 Å². The molecule has 2 aromatic carbocycles. The van der Waals surface area contributed by atoms with Crippen LogP contribution in [0.4, 0.5) is 0 Å². The number of epoxide rings is 1. The van der Waals surface area contributed by atoms with Crippen molar-refractivity contribution >= 4 is 11.1 Å². The normalized spacial score (nSPS) is 22.9. The molecule has 0 N–H and O–H groups in total. The van der Waals surface area contributed by atoms with E-state index >= 15 is 0 Å². The summed E-state index contributed by atoms with van der Waals surface area (Å²) in [5, 5.41) is 0. The third kappa shape index (κ3) is 1.89. The maximum atomic E-state index is 5.88. The first-order valence-corrected chi connectivity index (χ1v) is 7.57. The Morgan fingerprint density at radius 1 is 0.955 bits per heavy atom. The average molecular weight is 293 g/mol. The van der Waals surface area contributed by atoms with Gasteiger partial charge in [-0.1, -0.05) is 23.8 Å². The van der Waals surface area contributed by atoms with Crippen molar-refractivity contribution in [1.29, 1.82) is 0 Å². The minimum Gasteiger partial charge on any atom is -0.436 e. The van der Waals surface area contributed by atoms with E-state index in [2.05, 4.69) is 56.9 Å². The Morgan fingerprint density at radius 3 is 2.27 bits per heavy atom. The third-order valence-corrected chi connectivity index (χ3v) is 4.80. The minimum absolute atomic E-state index is 0.121. The van der Waals surface area contributed by atoms with Gasteiger partial charge >= 0.3 is 0 Å². The van der Waals surface area contributed by atoms with E-state index in [-0.39, 0.29) is 11.2 Å². The van der Waals surface area contributed by atoms with Gasteiger partial charge in [0.2, 0.25) is 5.89 Å². The van der Waals surface area contributed by atoms with Crippen LogP contribution < -0.4 is 0 Å². The Balaban J connectivity index is 1.77. The molecule has 0 aliphatic carbocycles. The molecule has 0 spiro atoms. The molecule has 1 fully saturated rings. The van der Waals surface area contributed by atoms with Crippen LogP contribution in [-0.4, -0.2) is 10.6 Å². The second-order valence-electron chi connectivity index (χ2n) is 6.71. The van der Waals surface area contributed by atoms with Crippen molar-refractivity contribution in [3.8, 4) is 11.5 Å². The second-order valence-corrected chi connectivity index (χ2v) is 6.71. The zero-order valence-electron chi connectivity index (χ0n) is 13.3. The van der Waals surface area contributed by atoms with Crippen molar-refractivity contribution in [1.82, 2.24) is 4.98 Å². The molecule has 3 aromatic rings. The molecule has 3 nitrogen and oxygen atoms in total. The summed E-state index contributed by atoms with van der Waals surface area (Å²) in [4.78, 5) is 4.64. The number of aryl methyl sites for hydroxylation is 1. The van der Waals surface area contributed by atoms with Gasteiger partial charge in [0.1, 0.15) is 11.1 Å². The number of ether oxygens (including phenoxy) is 1. The first-order chi connectivity index (χ1) is 10.4. The number of hydrogen-bond donors (Lipinski definition) is 0. The molecule has 22 heavy (non-hydrogen) atoms. The number of fused-ring (bicyclic) bond motifs is 1. The quantitative estimate of drug-likeness (QED) is 0.635. The Hall–Kier alpha value is -2.13. The molecule has 4 rings (SSSR count). The predicted molar refractivity (Wildman–Crippen MR) is 86.7 cm³/mol. The Bertz CT molecular complexity index is 861. The Kier molecular flexibility index (Phi) is 2.58. The first-order valence-electron chi connectivity index (χ1n) is 7.57. The van der Waals surface area contributed by atoms with E-state index < -0.39 is 0 Å². The van der Waals surface area contributed by atoms with E-state index in [1.165, 1.54) is 5.56 Å². The predicted octanol–water partition coefficient (Wildman–Crippen LogP) is 4.83. The number of rotatable bonds is 2. The molecular formula is C19H19NO2. The summed E-state index contributed by atoms with van der Waals surface area (Å²) in [7, 11) is 0. The molecule has 1 atom stereocenters.